The highest BCUT2D eigenvalue weighted by Gasteiger charge is 2.28. The molecule has 2 aromatic rings. The molecule has 0 bridgehead atoms. The van der Waals surface area contributed by atoms with E-state index < -0.39 is 0 Å². The second-order valence-electron chi connectivity index (χ2n) is 7.63. The molecular weight excluding hydrogens is 334 g/mol. The lowest BCUT2D eigenvalue weighted by atomic mass is 9.91. The Kier molecular flexibility index (Phi) is 3.13. The Labute approximate surface area is 157 Å². The highest BCUT2D eigenvalue weighted by atomic mass is 16.3. The number of fused-ring (bicyclic) bond motifs is 5. The van der Waals surface area contributed by atoms with E-state index in [1.807, 2.05) is 13.1 Å². The number of aromatic nitrogens is 1. The normalized spacial score (nSPS) is 17.1. The van der Waals surface area contributed by atoms with Crippen molar-refractivity contribution in [2.45, 2.75) is 25.7 Å². The molecule has 0 unspecified atom stereocenters. The van der Waals surface area contributed by atoms with E-state index >= 15 is 0 Å². The lowest BCUT2D eigenvalue weighted by Gasteiger charge is -2.37. The van der Waals surface area contributed by atoms with Gasteiger partial charge >= 0.3 is 0 Å². The first-order chi connectivity index (χ1) is 13.3. The Morgan fingerprint density at radius 2 is 1.85 bits per heavy atom. The van der Waals surface area contributed by atoms with Crippen LogP contribution in [-0.2, 0) is 12.8 Å². The molecular formula is C23H21N3O. The molecule has 0 spiro atoms. The number of nitrogens with zero attached hydrogens (tertiary/aromatic N) is 3. The summed E-state index contributed by atoms with van der Waals surface area (Å²) in [5, 5.41) is 3.19. The van der Waals surface area contributed by atoms with Gasteiger partial charge in [-0.25, -0.2) is 4.98 Å². The molecule has 4 nitrogen and oxygen atoms in total. The van der Waals surface area contributed by atoms with Crippen molar-refractivity contribution < 1.29 is 4.42 Å². The highest BCUT2D eigenvalue weighted by Crippen LogP contribution is 2.41. The third-order valence-electron chi connectivity index (χ3n) is 6.10. The fourth-order valence-corrected chi connectivity index (χ4v) is 4.94. The van der Waals surface area contributed by atoms with Crippen LogP contribution in [0.25, 0.3) is 33.3 Å². The van der Waals surface area contributed by atoms with Gasteiger partial charge in [-0.15, -0.1) is 0 Å². The van der Waals surface area contributed by atoms with Gasteiger partial charge in [0, 0.05) is 48.2 Å². The van der Waals surface area contributed by atoms with Gasteiger partial charge in [0.1, 0.15) is 11.2 Å². The number of anilines is 1. The minimum atomic E-state index is 0.825. The smallest absolute Gasteiger partial charge is 0.158 e. The molecule has 0 N–H and O–H groups in total. The summed E-state index contributed by atoms with van der Waals surface area (Å²) in [7, 11) is 1.83. The van der Waals surface area contributed by atoms with E-state index in [9.17, 15) is 0 Å². The number of hydrogen-bond donors (Lipinski definition) is 0. The third kappa shape index (κ3) is 2.10. The molecule has 6 rings (SSSR count). The monoisotopic (exact) mass is 355 g/mol. The molecule has 2 aromatic carbocycles. The Morgan fingerprint density at radius 3 is 2.70 bits per heavy atom. The second kappa shape index (κ2) is 5.56. The molecule has 3 heterocycles. The van der Waals surface area contributed by atoms with Crippen molar-refractivity contribution in [3.63, 3.8) is 0 Å². The van der Waals surface area contributed by atoms with E-state index in [4.69, 9.17) is 9.40 Å². The predicted octanol–water partition coefficient (Wildman–Crippen LogP) is 4.32. The summed E-state index contributed by atoms with van der Waals surface area (Å²) >= 11 is 0. The molecule has 0 atom stereocenters. The molecule has 4 aliphatic rings. The van der Waals surface area contributed by atoms with Crippen LogP contribution < -0.4 is 10.3 Å². The molecule has 0 saturated carbocycles. The zero-order valence-electron chi connectivity index (χ0n) is 15.5. The first kappa shape index (κ1) is 15.2. The van der Waals surface area contributed by atoms with Gasteiger partial charge < -0.3 is 9.32 Å². The fourth-order valence-electron chi connectivity index (χ4n) is 4.94. The van der Waals surface area contributed by atoms with Crippen molar-refractivity contribution in [2.75, 3.05) is 25.0 Å². The first-order valence-corrected chi connectivity index (χ1v) is 9.82. The predicted molar refractivity (Wildman–Crippen MR) is 108 cm³/mol. The zero-order chi connectivity index (χ0) is 18.0. The van der Waals surface area contributed by atoms with Crippen LogP contribution in [-0.4, -0.2) is 25.1 Å². The van der Waals surface area contributed by atoms with Crippen LogP contribution in [0.1, 0.15) is 24.0 Å². The van der Waals surface area contributed by atoms with Gasteiger partial charge in [-0.1, -0.05) is 24.3 Å². The molecule has 4 heteroatoms. The van der Waals surface area contributed by atoms with E-state index in [1.54, 1.807) is 0 Å². The summed E-state index contributed by atoms with van der Waals surface area (Å²) in [5.74, 6) is 0.825. The second-order valence-corrected chi connectivity index (χ2v) is 7.63. The van der Waals surface area contributed by atoms with Gasteiger partial charge in [-0.3, -0.25) is 4.99 Å². The summed E-state index contributed by atoms with van der Waals surface area (Å²) in [6.45, 7) is 2.33. The van der Waals surface area contributed by atoms with E-state index in [2.05, 4.69) is 40.2 Å². The summed E-state index contributed by atoms with van der Waals surface area (Å²) in [6, 6.07) is 12.6. The van der Waals surface area contributed by atoms with E-state index in [0.29, 0.717) is 0 Å². The largest absolute Gasteiger partial charge is 0.452 e. The molecule has 1 aliphatic carbocycles. The minimum absolute atomic E-state index is 0.825. The molecule has 3 aliphatic heterocycles. The number of hydrogen-bond acceptors (Lipinski definition) is 4. The van der Waals surface area contributed by atoms with Gasteiger partial charge in [-0.05, 0) is 37.3 Å². The van der Waals surface area contributed by atoms with Crippen molar-refractivity contribution in [1.82, 2.24) is 4.98 Å². The van der Waals surface area contributed by atoms with Crippen molar-refractivity contribution in [2.24, 2.45) is 4.99 Å². The van der Waals surface area contributed by atoms with Gasteiger partial charge in [-0.2, -0.15) is 0 Å². The Balaban J connectivity index is 1.77. The van der Waals surface area contributed by atoms with Crippen LogP contribution >= 0.6 is 0 Å². The van der Waals surface area contributed by atoms with Crippen molar-refractivity contribution >= 4 is 27.6 Å². The zero-order valence-corrected chi connectivity index (χ0v) is 15.5. The topological polar surface area (TPSA) is 41.6 Å². The van der Waals surface area contributed by atoms with Crippen LogP contribution in [0.5, 0.6) is 0 Å². The van der Waals surface area contributed by atoms with Crippen molar-refractivity contribution in [3.05, 3.63) is 52.9 Å². The Hall–Kier alpha value is -2.88. The van der Waals surface area contributed by atoms with E-state index in [0.717, 1.165) is 64.6 Å². The van der Waals surface area contributed by atoms with E-state index in [1.165, 1.54) is 29.7 Å². The molecule has 0 aromatic heterocycles. The first-order valence-electron chi connectivity index (χ1n) is 9.82. The molecule has 0 amide bonds. The van der Waals surface area contributed by atoms with Crippen LogP contribution in [0.4, 0.5) is 5.69 Å². The maximum absolute atomic E-state index is 6.52. The molecule has 134 valence electrons. The molecule has 27 heavy (non-hydrogen) atoms. The van der Waals surface area contributed by atoms with Crippen LogP contribution in [0, 0.1) is 0 Å². The quantitative estimate of drug-likeness (QED) is 0.348. The fraction of sp³-hybridized carbons (Fsp3) is 0.304. The average molecular weight is 355 g/mol. The summed E-state index contributed by atoms with van der Waals surface area (Å²) in [4.78, 5) is 12.1. The number of benzene rings is 3. The minimum Gasteiger partial charge on any atom is -0.452 e. The average Bonchev–Trinajstić information content (AvgIpc) is 2.72. The standard InChI is InChI=1S/C23H21N3O/c1-24-18-13-20-21(16-8-3-2-7-15(16)18)25-19-12-14-6-4-10-26-11-5-9-17(22(14)26)23(19)27-20/h2-3,7-8,12-13H,4-6,9-11H2,1H3. The van der Waals surface area contributed by atoms with Crippen LogP contribution in [0.15, 0.2) is 45.8 Å². The van der Waals surface area contributed by atoms with Gasteiger partial charge in [0.05, 0.1) is 5.36 Å². The molecule has 0 radical (unpaired) electrons. The summed E-state index contributed by atoms with van der Waals surface area (Å²) in [5.41, 5.74) is 7.10. The number of rotatable bonds is 0. The van der Waals surface area contributed by atoms with Crippen LogP contribution in [0.2, 0.25) is 0 Å². The van der Waals surface area contributed by atoms with Crippen molar-refractivity contribution in [3.8, 4) is 11.5 Å². The molecule has 0 saturated heterocycles. The third-order valence-corrected chi connectivity index (χ3v) is 6.10. The van der Waals surface area contributed by atoms with Gasteiger partial charge in [0.2, 0.25) is 0 Å². The van der Waals surface area contributed by atoms with Gasteiger partial charge in [0.15, 0.2) is 11.3 Å². The van der Waals surface area contributed by atoms with Crippen molar-refractivity contribution in [1.29, 1.82) is 0 Å². The van der Waals surface area contributed by atoms with Gasteiger partial charge in [0.25, 0.3) is 0 Å². The number of aryl methyl sites for hydroxylation is 2. The Bertz CT molecular complexity index is 1250. The summed E-state index contributed by atoms with van der Waals surface area (Å²) < 4.78 is 6.52. The Morgan fingerprint density at radius 1 is 1.04 bits per heavy atom. The van der Waals surface area contributed by atoms with Crippen LogP contribution in [0.3, 0.4) is 0 Å². The summed E-state index contributed by atoms with van der Waals surface area (Å²) in [6.07, 6.45) is 4.63. The van der Waals surface area contributed by atoms with E-state index in [-0.39, 0.29) is 0 Å². The molecule has 0 fully saturated rings. The maximum atomic E-state index is 6.52. The SMILES string of the molecule is CN=c1cc2oc3c4c5c(cc3nc-2c2ccccc12)CCCN5CCC4. The highest BCUT2D eigenvalue weighted by molar-refractivity contribution is 5.97. The lowest BCUT2D eigenvalue weighted by molar-refractivity contribution is 0.590. The lowest BCUT2D eigenvalue weighted by Crippen LogP contribution is -2.34. The maximum Gasteiger partial charge on any atom is 0.158 e.